The highest BCUT2D eigenvalue weighted by molar-refractivity contribution is 7.10. The highest BCUT2D eigenvalue weighted by atomic mass is 32.1. The van der Waals surface area contributed by atoms with E-state index in [1.807, 2.05) is 0 Å². The van der Waals surface area contributed by atoms with Crippen molar-refractivity contribution in [3.8, 4) is 17.4 Å². The van der Waals surface area contributed by atoms with Gasteiger partial charge in [-0.1, -0.05) is 0 Å². The Morgan fingerprint density at radius 2 is 1.88 bits per heavy atom. The predicted molar refractivity (Wildman–Crippen MR) is 96.5 cm³/mol. The van der Waals surface area contributed by atoms with Gasteiger partial charge in [-0.2, -0.15) is 4.37 Å². The number of ether oxygens (including phenoxy) is 2. The van der Waals surface area contributed by atoms with Gasteiger partial charge in [0.2, 0.25) is 5.88 Å². The summed E-state index contributed by atoms with van der Waals surface area (Å²) in [4.78, 5) is 16.4. The van der Waals surface area contributed by atoms with Crippen molar-refractivity contribution in [1.29, 1.82) is 0 Å². The zero-order valence-corrected chi connectivity index (χ0v) is 14.5. The number of aromatic nitrogens is 2. The minimum atomic E-state index is -0.311. The molecule has 1 aromatic carbocycles. The quantitative estimate of drug-likeness (QED) is 0.726. The van der Waals surface area contributed by atoms with Crippen LogP contribution in [0, 0.1) is 6.92 Å². The molecule has 0 aliphatic rings. The highest BCUT2D eigenvalue weighted by Gasteiger charge is 2.16. The van der Waals surface area contributed by atoms with Crippen molar-refractivity contribution in [3.05, 3.63) is 53.9 Å². The number of rotatable bonds is 5. The minimum absolute atomic E-state index is 0.311. The molecule has 0 aliphatic heterocycles. The molecule has 3 N–H and O–H groups in total. The fourth-order valence-electron chi connectivity index (χ4n) is 2.14. The van der Waals surface area contributed by atoms with Crippen molar-refractivity contribution in [2.75, 3.05) is 18.2 Å². The van der Waals surface area contributed by atoms with E-state index in [1.165, 1.54) is 6.20 Å². The standard InChI is InChI=1S/C17H16N4O3S/c1-10-15(16(18)25-21-10)17(22)20-11-3-8-14(19-9-11)24-13-6-4-12(23-2)5-7-13/h3-9H,18H2,1-2H3,(H,20,22). The highest BCUT2D eigenvalue weighted by Crippen LogP contribution is 2.24. The summed E-state index contributed by atoms with van der Waals surface area (Å²) in [5.41, 5.74) is 7.31. The molecular weight excluding hydrogens is 340 g/mol. The number of nitrogens with zero attached hydrogens (tertiary/aromatic N) is 2. The number of aryl methyl sites for hydroxylation is 1. The summed E-state index contributed by atoms with van der Waals surface area (Å²) in [6.07, 6.45) is 1.52. The van der Waals surface area contributed by atoms with Crippen LogP contribution in [0.3, 0.4) is 0 Å². The van der Waals surface area contributed by atoms with Crippen molar-refractivity contribution in [2.45, 2.75) is 6.92 Å². The van der Waals surface area contributed by atoms with Gasteiger partial charge >= 0.3 is 0 Å². The fraction of sp³-hybridized carbons (Fsp3) is 0.118. The molecule has 2 heterocycles. The normalized spacial score (nSPS) is 10.3. The number of benzene rings is 1. The van der Waals surface area contributed by atoms with Crippen LogP contribution in [0.1, 0.15) is 16.1 Å². The number of carbonyl (C=O) groups is 1. The second-order valence-electron chi connectivity index (χ2n) is 5.12. The van der Waals surface area contributed by atoms with Crippen molar-refractivity contribution >= 4 is 28.1 Å². The average molecular weight is 356 g/mol. The summed E-state index contributed by atoms with van der Waals surface area (Å²) >= 11 is 1.10. The first-order valence-corrected chi connectivity index (χ1v) is 8.15. The lowest BCUT2D eigenvalue weighted by atomic mass is 10.2. The third-order valence-electron chi connectivity index (χ3n) is 3.39. The van der Waals surface area contributed by atoms with Gasteiger partial charge in [0.1, 0.15) is 16.5 Å². The molecule has 0 bridgehead atoms. The Labute approximate surface area is 148 Å². The number of carbonyl (C=O) groups excluding carboxylic acids is 1. The van der Waals surface area contributed by atoms with Gasteiger partial charge in [-0.3, -0.25) is 4.79 Å². The lowest BCUT2D eigenvalue weighted by Gasteiger charge is -2.08. The van der Waals surface area contributed by atoms with Gasteiger partial charge in [0, 0.05) is 6.07 Å². The van der Waals surface area contributed by atoms with Crippen LogP contribution >= 0.6 is 11.5 Å². The minimum Gasteiger partial charge on any atom is -0.497 e. The van der Waals surface area contributed by atoms with Crippen molar-refractivity contribution in [2.24, 2.45) is 0 Å². The Bertz CT molecular complexity index is 856. The Kier molecular flexibility index (Phi) is 4.80. The smallest absolute Gasteiger partial charge is 0.260 e. The first-order chi connectivity index (χ1) is 12.1. The van der Waals surface area contributed by atoms with E-state index in [0.717, 1.165) is 17.3 Å². The second kappa shape index (κ2) is 7.18. The van der Waals surface area contributed by atoms with Crippen molar-refractivity contribution in [1.82, 2.24) is 9.36 Å². The molecule has 8 heteroatoms. The molecule has 0 saturated heterocycles. The van der Waals surface area contributed by atoms with Crippen molar-refractivity contribution in [3.63, 3.8) is 0 Å². The average Bonchev–Trinajstić information content (AvgIpc) is 2.96. The molecule has 0 atom stereocenters. The van der Waals surface area contributed by atoms with E-state index in [-0.39, 0.29) is 5.91 Å². The maximum absolute atomic E-state index is 12.3. The summed E-state index contributed by atoms with van der Waals surface area (Å²) in [5, 5.41) is 3.14. The fourth-order valence-corrected chi connectivity index (χ4v) is 2.79. The van der Waals surface area contributed by atoms with Crippen LogP contribution in [-0.2, 0) is 0 Å². The molecule has 0 saturated carbocycles. The maximum atomic E-state index is 12.3. The van der Waals surface area contributed by atoms with Crippen LogP contribution in [0.4, 0.5) is 10.7 Å². The van der Waals surface area contributed by atoms with Crippen LogP contribution in [0.2, 0.25) is 0 Å². The van der Waals surface area contributed by atoms with Gasteiger partial charge < -0.3 is 20.5 Å². The Balaban J connectivity index is 1.66. The van der Waals surface area contributed by atoms with Crippen LogP contribution in [0.25, 0.3) is 0 Å². The van der Waals surface area contributed by atoms with Gasteiger partial charge in [0.25, 0.3) is 5.91 Å². The van der Waals surface area contributed by atoms with Gasteiger partial charge in [-0.15, -0.1) is 0 Å². The number of anilines is 2. The summed E-state index contributed by atoms with van der Waals surface area (Å²) in [6, 6.07) is 10.5. The molecule has 0 fully saturated rings. The molecule has 0 aliphatic carbocycles. The lowest BCUT2D eigenvalue weighted by Crippen LogP contribution is -2.14. The van der Waals surface area contributed by atoms with Crippen molar-refractivity contribution < 1.29 is 14.3 Å². The lowest BCUT2D eigenvalue weighted by molar-refractivity contribution is 0.102. The molecule has 0 radical (unpaired) electrons. The Hall–Kier alpha value is -3.13. The molecule has 128 valence electrons. The van der Waals surface area contributed by atoms with Gasteiger partial charge in [-0.05, 0) is 48.8 Å². The first kappa shape index (κ1) is 16.7. The van der Waals surface area contributed by atoms with Crippen LogP contribution in [0.5, 0.6) is 17.4 Å². The molecule has 3 rings (SSSR count). The SMILES string of the molecule is COc1ccc(Oc2ccc(NC(=O)c3c(C)nsc3N)cn2)cc1. The number of amides is 1. The molecule has 0 spiro atoms. The Morgan fingerprint density at radius 3 is 2.44 bits per heavy atom. The number of nitrogens with two attached hydrogens (primary N) is 1. The zero-order valence-electron chi connectivity index (χ0n) is 13.6. The molecule has 2 aromatic heterocycles. The summed E-state index contributed by atoms with van der Waals surface area (Å²) in [7, 11) is 1.60. The second-order valence-corrected chi connectivity index (χ2v) is 5.93. The van der Waals surface area contributed by atoms with E-state index in [2.05, 4.69) is 14.7 Å². The number of hydrogen-bond acceptors (Lipinski definition) is 7. The van der Waals surface area contributed by atoms with E-state index in [9.17, 15) is 4.79 Å². The number of methoxy groups -OCH3 is 1. The largest absolute Gasteiger partial charge is 0.497 e. The van der Waals surface area contributed by atoms with E-state index in [4.69, 9.17) is 15.2 Å². The molecule has 25 heavy (non-hydrogen) atoms. The molecule has 7 nitrogen and oxygen atoms in total. The third-order valence-corrected chi connectivity index (χ3v) is 4.16. The summed E-state index contributed by atoms with van der Waals surface area (Å²) < 4.78 is 14.8. The molecule has 1 amide bonds. The van der Waals surface area contributed by atoms with Crippen LogP contribution in [-0.4, -0.2) is 22.4 Å². The topological polar surface area (TPSA) is 99.4 Å². The van der Waals surface area contributed by atoms with E-state index >= 15 is 0 Å². The van der Waals surface area contributed by atoms with E-state index in [0.29, 0.717) is 33.6 Å². The number of hydrogen-bond donors (Lipinski definition) is 2. The predicted octanol–water partition coefficient (Wildman–Crippen LogP) is 3.48. The van der Waals surface area contributed by atoms with Gasteiger partial charge in [0.15, 0.2) is 0 Å². The number of pyridine rings is 1. The van der Waals surface area contributed by atoms with Gasteiger partial charge in [-0.25, -0.2) is 4.98 Å². The number of nitrogens with one attached hydrogen (secondary N) is 1. The van der Waals surface area contributed by atoms with Crippen LogP contribution < -0.4 is 20.5 Å². The van der Waals surface area contributed by atoms with Gasteiger partial charge in [0.05, 0.1) is 30.3 Å². The Morgan fingerprint density at radius 1 is 1.16 bits per heavy atom. The first-order valence-electron chi connectivity index (χ1n) is 7.38. The molecule has 3 aromatic rings. The van der Waals surface area contributed by atoms with Crippen LogP contribution in [0.15, 0.2) is 42.6 Å². The summed E-state index contributed by atoms with van der Waals surface area (Å²) in [6.45, 7) is 1.74. The third kappa shape index (κ3) is 3.86. The summed E-state index contributed by atoms with van der Waals surface area (Å²) in [5.74, 6) is 1.49. The van der Waals surface area contributed by atoms with E-state index < -0.39 is 0 Å². The van der Waals surface area contributed by atoms with E-state index in [1.54, 1.807) is 50.4 Å². The molecular formula is C17H16N4O3S. The molecule has 0 unspecified atom stereocenters. The zero-order chi connectivity index (χ0) is 17.8. The monoisotopic (exact) mass is 356 g/mol. The number of nitrogen functional groups attached to an aromatic ring is 1. The maximum Gasteiger partial charge on any atom is 0.260 e.